The van der Waals surface area contributed by atoms with Crippen LogP contribution >= 0.6 is 0 Å². The van der Waals surface area contributed by atoms with Crippen LogP contribution in [0, 0.1) is 0 Å². The number of carbonyl (C=O) groups is 1. The monoisotopic (exact) mass is 140 g/mol. The molecule has 0 spiro atoms. The largest absolute Gasteiger partial charge is 0.458 e. The van der Waals surface area contributed by atoms with E-state index in [1.165, 1.54) is 0 Å². The molecule has 1 saturated heterocycles. The maximum absolute atomic E-state index is 10.6. The molecule has 2 nitrogen and oxygen atoms in total. The van der Waals surface area contributed by atoms with Crippen LogP contribution < -0.4 is 0 Å². The summed E-state index contributed by atoms with van der Waals surface area (Å²) < 4.78 is 4.94. The van der Waals surface area contributed by atoms with Gasteiger partial charge >= 0.3 is 5.97 Å². The molecule has 0 aromatic rings. The van der Waals surface area contributed by atoms with E-state index < -0.39 is 0 Å². The molecular formula is C8H12O2. The number of cyclic esters (lactones) is 1. The summed E-state index contributed by atoms with van der Waals surface area (Å²) in [5.74, 6) is -0.0641. The minimum absolute atomic E-state index is 0.0625. The zero-order valence-corrected chi connectivity index (χ0v) is 6.17. The lowest BCUT2D eigenvalue weighted by atomic mass is 10.2. The van der Waals surface area contributed by atoms with Gasteiger partial charge in [0.05, 0.1) is 0 Å². The molecule has 0 aliphatic carbocycles. The van der Waals surface area contributed by atoms with Crippen LogP contribution in [0.5, 0.6) is 0 Å². The number of allylic oxidation sites excluding steroid dienone is 1. The third-order valence-corrected chi connectivity index (χ3v) is 1.50. The van der Waals surface area contributed by atoms with E-state index in [-0.39, 0.29) is 12.1 Å². The van der Waals surface area contributed by atoms with Crippen LogP contribution in [0.25, 0.3) is 0 Å². The molecule has 0 bridgehead atoms. The van der Waals surface area contributed by atoms with Crippen molar-refractivity contribution >= 4 is 5.97 Å². The van der Waals surface area contributed by atoms with Gasteiger partial charge in [0.1, 0.15) is 6.10 Å². The minimum Gasteiger partial charge on any atom is -0.458 e. The van der Waals surface area contributed by atoms with Gasteiger partial charge < -0.3 is 4.74 Å². The summed E-state index contributed by atoms with van der Waals surface area (Å²) in [6.45, 7) is 2.06. The summed E-state index contributed by atoms with van der Waals surface area (Å²) in [7, 11) is 0. The average molecular weight is 140 g/mol. The van der Waals surface area contributed by atoms with Crippen molar-refractivity contribution in [2.75, 3.05) is 0 Å². The maximum Gasteiger partial charge on any atom is 0.306 e. The summed E-state index contributed by atoms with van der Waals surface area (Å²) in [5, 5.41) is 0. The van der Waals surface area contributed by atoms with Crippen LogP contribution in [0.3, 0.4) is 0 Å². The van der Waals surface area contributed by atoms with Crippen LogP contribution in [0.2, 0.25) is 0 Å². The molecule has 1 atom stereocenters. The van der Waals surface area contributed by atoms with Gasteiger partial charge in [0.2, 0.25) is 0 Å². The van der Waals surface area contributed by atoms with E-state index in [0.29, 0.717) is 6.42 Å². The molecule has 2 heteroatoms. The molecule has 0 saturated carbocycles. The zero-order valence-electron chi connectivity index (χ0n) is 6.17. The van der Waals surface area contributed by atoms with Gasteiger partial charge in [-0.1, -0.05) is 13.0 Å². The van der Waals surface area contributed by atoms with E-state index in [1.54, 1.807) is 0 Å². The van der Waals surface area contributed by atoms with Crippen molar-refractivity contribution in [3.8, 4) is 0 Å². The van der Waals surface area contributed by atoms with Crippen LogP contribution in [-0.2, 0) is 9.53 Å². The van der Waals surface area contributed by atoms with Gasteiger partial charge in [-0.3, -0.25) is 4.79 Å². The number of hydrogen-bond donors (Lipinski definition) is 0. The molecule has 1 heterocycles. The Kier molecular flexibility index (Phi) is 2.49. The van der Waals surface area contributed by atoms with E-state index in [4.69, 9.17) is 4.74 Å². The van der Waals surface area contributed by atoms with Crippen molar-refractivity contribution < 1.29 is 9.53 Å². The smallest absolute Gasteiger partial charge is 0.306 e. The summed E-state index contributed by atoms with van der Waals surface area (Å²) in [6.07, 6.45) is 6.50. The predicted molar refractivity (Wildman–Crippen MR) is 38.5 cm³/mol. The van der Waals surface area contributed by atoms with Crippen molar-refractivity contribution in [2.24, 2.45) is 0 Å². The van der Waals surface area contributed by atoms with Crippen molar-refractivity contribution in [3.05, 3.63) is 12.2 Å². The quantitative estimate of drug-likeness (QED) is 0.430. The first-order valence-electron chi connectivity index (χ1n) is 3.69. The fourth-order valence-electron chi connectivity index (χ4n) is 0.970. The number of hydrogen-bond acceptors (Lipinski definition) is 2. The number of ether oxygens (including phenoxy) is 1. The second kappa shape index (κ2) is 3.40. The van der Waals surface area contributed by atoms with Crippen molar-refractivity contribution in [1.82, 2.24) is 0 Å². The van der Waals surface area contributed by atoms with Gasteiger partial charge in [-0.05, 0) is 18.9 Å². The van der Waals surface area contributed by atoms with Crippen LogP contribution in [-0.4, -0.2) is 12.1 Å². The third kappa shape index (κ3) is 1.87. The molecular weight excluding hydrogens is 128 g/mol. The number of carbonyl (C=O) groups excluding carboxylic acids is 1. The Morgan fingerprint density at radius 3 is 3.10 bits per heavy atom. The molecule has 0 N–H and O–H groups in total. The molecule has 1 unspecified atom stereocenters. The Labute approximate surface area is 60.9 Å². The zero-order chi connectivity index (χ0) is 7.40. The topological polar surface area (TPSA) is 26.3 Å². The second-order valence-electron chi connectivity index (χ2n) is 2.40. The van der Waals surface area contributed by atoms with Crippen molar-refractivity contribution in [2.45, 2.75) is 32.3 Å². The molecule has 10 heavy (non-hydrogen) atoms. The molecule has 56 valence electrons. The highest BCUT2D eigenvalue weighted by Crippen LogP contribution is 2.14. The number of rotatable bonds is 2. The summed E-state index contributed by atoms with van der Waals surface area (Å²) in [5.41, 5.74) is 0. The lowest BCUT2D eigenvalue weighted by molar-refractivity contribution is -0.139. The van der Waals surface area contributed by atoms with Gasteiger partial charge in [-0.15, -0.1) is 0 Å². The van der Waals surface area contributed by atoms with E-state index in [1.807, 2.05) is 12.2 Å². The average Bonchev–Trinajstić information content (AvgIpc) is 2.31. The minimum atomic E-state index is -0.0641. The summed E-state index contributed by atoms with van der Waals surface area (Å²) in [4.78, 5) is 10.6. The fourth-order valence-corrected chi connectivity index (χ4v) is 0.970. The van der Waals surface area contributed by atoms with Gasteiger partial charge in [0.25, 0.3) is 0 Å². The normalized spacial score (nSPS) is 25.7. The molecule has 0 radical (unpaired) electrons. The van der Waals surface area contributed by atoms with Crippen LogP contribution in [0.4, 0.5) is 0 Å². The standard InChI is InChI=1S/C8H12O2/c1-2-3-4-7-5-6-8(9)10-7/h3-4,7H,2,5-6H2,1H3/b4-3-. The van der Waals surface area contributed by atoms with E-state index in [0.717, 1.165) is 12.8 Å². The van der Waals surface area contributed by atoms with Crippen molar-refractivity contribution in [1.29, 1.82) is 0 Å². The number of esters is 1. The van der Waals surface area contributed by atoms with Crippen LogP contribution in [0.15, 0.2) is 12.2 Å². The summed E-state index contributed by atoms with van der Waals surface area (Å²) >= 11 is 0. The molecule has 1 aliphatic rings. The first-order valence-corrected chi connectivity index (χ1v) is 3.69. The highest BCUT2D eigenvalue weighted by molar-refractivity contribution is 5.71. The van der Waals surface area contributed by atoms with Gasteiger partial charge in [-0.25, -0.2) is 0 Å². The lowest BCUT2D eigenvalue weighted by Gasteiger charge is -1.99. The first kappa shape index (κ1) is 7.32. The maximum atomic E-state index is 10.6. The van der Waals surface area contributed by atoms with E-state index in [9.17, 15) is 4.79 Å². The first-order chi connectivity index (χ1) is 4.83. The Hall–Kier alpha value is -0.790. The van der Waals surface area contributed by atoms with Crippen molar-refractivity contribution in [3.63, 3.8) is 0 Å². The lowest BCUT2D eigenvalue weighted by Crippen LogP contribution is -2.01. The molecule has 0 aromatic carbocycles. The Morgan fingerprint density at radius 1 is 1.80 bits per heavy atom. The molecule has 1 fully saturated rings. The van der Waals surface area contributed by atoms with Gasteiger partial charge in [0, 0.05) is 6.42 Å². The van der Waals surface area contributed by atoms with E-state index >= 15 is 0 Å². The fraction of sp³-hybridized carbons (Fsp3) is 0.625. The third-order valence-electron chi connectivity index (χ3n) is 1.50. The Morgan fingerprint density at radius 2 is 2.60 bits per heavy atom. The SMILES string of the molecule is CC/C=C\C1CCC(=O)O1. The molecule has 1 rings (SSSR count). The summed E-state index contributed by atoms with van der Waals surface area (Å²) in [6, 6.07) is 0. The Balaban J connectivity index is 2.31. The second-order valence-corrected chi connectivity index (χ2v) is 2.40. The van der Waals surface area contributed by atoms with Gasteiger partial charge in [0.15, 0.2) is 0 Å². The van der Waals surface area contributed by atoms with Gasteiger partial charge in [-0.2, -0.15) is 0 Å². The Bertz CT molecular complexity index is 149. The molecule has 0 aromatic heterocycles. The predicted octanol–water partition coefficient (Wildman–Crippen LogP) is 1.66. The van der Waals surface area contributed by atoms with E-state index in [2.05, 4.69) is 6.92 Å². The molecule has 1 aliphatic heterocycles. The molecule has 0 amide bonds. The highest BCUT2D eigenvalue weighted by atomic mass is 16.5. The highest BCUT2D eigenvalue weighted by Gasteiger charge is 2.19. The van der Waals surface area contributed by atoms with Crippen LogP contribution in [0.1, 0.15) is 26.2 Å².